The second-order valence-corrected chi connectivity index (χ2v) is 4.04. The smallest absolute Gasteiger partial charge is 0.303 e. The van der Waals surface area contributed by atoms with E-state index in [1.807, 2.05) is 6.92 Å². The van der Waals surface area contributed by atoms with E-state index in [1.165, 1.54) is 0 Å². The minimum atomic E-state index is -0.855. The van der Waals surface area contributed by atoms with E-state index in [9.17, 15) is 9.59 Å². The summed E-state index contributed by atoms with van der Waals surface area (Å²) in [5.74, 6) is -0.962. The van der Waals surface area contributed by atoms with E-state index < -0.39 is 5.97 Å². The number of amides is 1. The summed E-state index contributed by atoms with van der Waals surface area (Å²) < 4.78 is 0. The van der Waals surface area contributed by atoms with Crippen LogP contribution in [-0.2, 0) is 9.59 Å². The summed E-state index contributed by atoms with van der Waals surface area (Å²) in [5.41, 5.74) is 0. The summed E-state index contributed by atoms with van der Waals surface area (Å²) in [6.07, 6.45) is 2.92. The summed E-state index contributed by atoms with van der Waals surface area (Å²) in [7, 11) is 0. The maximum absolute atomic E-state index is 11.8. The zero-order valence-corrected chi connectivity index (χ0v) is 10.1. The highest BCUT2D eigenvalue weighted by atomic mass is 16.4. The maximum Gasteiger partial charge on any atom is 0.303 e. The number of nitrogens with zero attached hydrogens (tertiary/aromatic N) is 1. The Balaban J connectivity index is 4.17. The molecule has 0 radical (unpaired) electrons. The van der Waals surface area contributed by atoms with Crippen LogP contribution in [0.5, 0.6) is 0 Å². The largest absolute Gasteiger partial charge is 0.481 e. The van der Waals surface area contributed by atoms with Crippen LogP contribution in [0.3, 0.4) is 0 Å². The summed E-state index contributed by atoms with van der Waals surface area (Å²) >= 11 is 0. The number of carboxylic acids is 1. The van der Waals surface area contributed by atoms with Crippen LogP contribution in [0.1, 0.15) is 33.1 Å². The van der Waals surface area contributed by atoms with Crippen LogP contribution in [0, 0.1) is 5.92 Å². The zero-order chi connectivity index (χ0) is 12.6. The molecule has 0 aliphatic heterocycles. The second kappa shape index (κ2) is 7.91. The first-order valence-electron chi connectivity index (χ1n) is 5.61. The lowest BCUT2D eigenvalue weighted by Gasteiger charge is -2.21. The van der Waals surface area contributed by atoms with Crippen molar-refractivity contribution in [3.63, 3.8) is 0 Å². The number of rotatable bonds is 8. The quantitative estimate of drug-likeness (QED) is 0.644. The highest BCUT2D eigenvalue weighted by molar-refractivity contribution is 5.77. The van der Waals surface area contributed by atoms with Gasteiger partial charge in [-0.1, -0.05) is 19.9 Å². The van der Waals surface area contributed by atoms with Crippen LogP contribution < -0.4 is 0 Å². The molecule has 4 nitrogen and oxygen atoms in total. The van der Waals surface area contributed by atoms with Gasteiger partial charge in [-0.2, -0.15) is 0 Å². The number of carbonyl (C=O) groups is 2. The summed E-state index contributed by atoms with van der Waals surface area (Å²) in [6, 6.07) is 0. The van der Waals surface area contributed by atoms with Crippen molar-refractivity contribution in [1.82, 2.24) is 4.90 Å². The molecule has 0 fully saturated rings. The summed E-state index contributed by atoms with van der Waals surface area (Å²) in [4.78, 5) is 24.0. The summed E-state index contributed by atoms with van der Waals surface area (Å²) in [5, 5.41) is 8.60. The number of hydrogen-bond donors (Lipinski definition) is 1. The molecule has 0 aromatic rings. The van der Waals surface area contributed by atoms with Crippen LogP contribution in [0.25, 0.3) is 0 Å². The van der Waals surface area contributed by atoms with E-state index in [1.54, 1.807) is 17.9 Å². The molecule has 0 bridgehead atoms. The standard InChI is InChI=1S/C12H21NO3/c1-4-6-13(7-5-2)11(14)8-10(3)9-12(15)16/h4,10H,1,5-9H2,2-3H3,(H,15,16). The van der Waals surface area contributed by atoms with Crippen LogP contribution >= 0.6 is 0 Å². The molecule has 0 aromatic heterocycles. The first-order chi connectivity index (χ1) is 7.51. The second-order valence-electron chi connectivity index (χ2n) is 4.04. The third kappa shape index (κ3) is 6.22. The van der Waals surface area contributed by atoms with Gasteiger partial charge in [0.2, 0.25) is 5.91 Å². The molecule has 1 atom stereocenters. The van der Waals surface area contributed by atoms with E-state index >= 15 is 0 Å². The van der Waals surface area contributed by atoms with Gasteiger partial charge < -0.3 is 10.0 Å². The van der Waals surface area contributed by atoms with Crippen LogP contribution in [-0.4, -0.2) is 35.0 Å². The SMILES string of the molecule is C=CCN(CCC)C(=O)CC(C)CC(=O)O. The fourth-order valence-electron chi connectivity index (χ4n) is 1.54. The van der Waals surface area contributed by atoms with Gasteiger partial charge in [-0.15, -0.1) is 6.58 Å². The molecule has 0 aliphatic rings. The molecule has 0 saturated carbocycles. The maximum atomic E-state index is 11.8. The third-order valence-corrected chi connectivity index (χ3v) is 2.24. The Morgan fingerprint density at radius 2 is 2.06 bits per heavy atom. The molecule has 0 spiro atoms. The average Bonchev–Trinajstić information content (AvgIpc) is 2.15. The minimum Gasteiger partial charge on any atom is -0.481 e. The van der Waals surface area contributed by atoms with Gasteiger partial charge in [0.25, 0.3) is 0 Å². The van der Waals surface area contributed by atoms with Crippen LogP contribution in [0.4, 0.5) is 0 Å². The van der Waals surface area contributed by atoms with Crippen molar-refractivity contribution < 1.29 is 14.7 Å². The van der Waals surface area contributed by atoms with Crippen molar-refractivity contribution in [1.29, 1.82) is 0 Å². The van der Waals surface area contributed by atoms with Gasteiger partial charge in [0.15, 0.2) is 0 Å². The van der Waals surface area contributed by atoms with Crippen molar-refractivity contribution in [2.75, 3.05) is 13.1 Å². The van der Waals surface area contributed by atoms with Gasteiger partial charge in [-0.25, -0.2) is 0 Å². The molecule has 1 unspecified atom stereocenters. The number of carboxylic acid groups (broad SMARTS) is 1. The Morgan fingerprint density at radius 3 is 2.50 bits per heavy atom. The van der Waals surface area contributed by atoms with Gasteiger partial charge in [0.1, 0.15) is 0 Å². The molecule has 0 aliphatic carbocycles. The monoisotopic (exact) mass is 227 g/mol. The number of carbonyl (C=O) groups excluding carboxylic acids is 1. The molecule has 4 heteroatoms. The Hall–Kier alpha value is -1.32. The molecular formula is C12H21NO3. The first kappa shape index (κ1) is 14.7. The van der Waals surface area contributed by atoms with E-state index in [0.29, 0.717) is 19.5 Å². The van der Waals surface area contributed by atoms with E-state index in [-0.39, 0.29) is 18.2 Å². The lowest BCUT2D eigenvalue weighted by atomic mass is 10.0. The Morgan fingerprint density at radius 1 is 1.44 bits per heavy atom. The van der Waals surface area contributed by atoms with Crippen LogP contribution in [0.2, 0.25) is 0 Å². The predicted octanol–water partition coefficient (Wildman–Crippen LogP) is 1.91. The molecule has 16 heavy (non-hydrogen) atoms. The molecule has 1 N–H and O–H groups in total. The van der Waals surface area contributed by atoms with Gasteiger partial charge in [-0.05, 0) is 12.3 Å². The fourth-order valence-corrected chi connectivity index (χ4v) is 1.54. The Kier molecular flexibility index (Phi) is 7.25. The van der Waals surface area contributed by atoms with Gasteiger partial charge >= 0.3 is 5.97 Å². The molecule has 92 valence electrons. The molecule has 0 saturated heterocycles. The van der Waals surface area contributed by atoms with Gasteiger partial charge in [0, 0.05) is 25.9 Å². The molecule has 1 amide bonds. The topological polar surface area (TPSA) is 57.6 Å². The lowest BCUT2D eigenvalue weighted by Crippen LogP contribution is -2.33. The van der Waals surface area contributed by atoms with Crippen molar-refractivity contribution in [2.45, 2.75) is 33.1 Å². The van der Waals surface area contributed by atoms with Crippen molar-refractivity contribution in [3.05, 3.63) is 12.7 Å². The van der Waals surface area contributed by atoms with Gasteiger partial charge in [-0.3, -0.25) is 9.59 Å². The van der Waals surface area contributed by atoms with Gasteiger partial charge in [0.05, 0.1) is 0 Å². The molecule has 0 aromatic carbocycles. The van der Waals surface area contributed by atoms with E-state index in [4.69, 9.17) is 5.11 Å². The molecule has 0 heterocycles. The highest BCUT2D eigenvalue weighted by Crippen LogP contribution is 2.10. The van der Waals surface area contributed by atoms with Crippen molar-refractivity contribution in [3.8, 4) is 0 Å². The fraction of sp³-hybridized carbons (Fsp3) is 0.667. The Labute approximate surface area is 96.9 Å². The normalized spacial score (nSPS) is 11.9. The third-order valence-electron chi connectivity index (χ3n) is 2.24. The minimum absolute atomic E-state index is 0.00972. The number of hydrogen-bond acceptors (Lipinski definition) is 2. The van der Waals surface area contributed by atoms with Crippen molar-refractivity contribution in [2.24, 2.45) is 5.92 Å². The lowest BCUT2D eigenvalue weighted by molar-refractivity contribution is -0.138. The average molecular weight is 227 g/mol. The Bertz CT molecular complexity index is 251. The predicted molar refractivity (Wildman–Crippen MR) is 63.1 cm³/mol. The highest BCUT2D eigenvalue weighted by Gasteiger charge is 2.16. The van der Waals surface area contributed by atoms with E-state index in [0.717, 1.165) is 6.42 Å². The molecular weight excluding hydrogens is 206 g/mol. The number of aliphatic carboxylic acids is 1. The summed E-state index contributed by atoms with van der Waals surface area (Å²) in [6.45, 7) is 8.62. The van der Waals surface area contributed by atoms with Crippen LogP contribution in [0.15, 0.2) is 12.7 Å². The molecule has 0 rings (SSSR count). The van der Waals surface area contributed by atoms with E-state index in [2.05, 4.69) is 6.58 Å². The van der Waals surface area contributed by atoms with Crippen molar-refractivity contribution >= 4 is 11.9 Å². The zero-order valence-electron chi connectivity index (χ0n) is 10.1. The first-order valence-corrected chi connectivity index (χ1v) is 5.61.